The number of carbonyl (C=O) groups is 2. The van der Waals surface area contributed by atoms with Gasteiger partial charge in [0.15, 0.2) is 0 Å². The average molecular weight is 458 g/mol. The summed E-state index contributed by atoms with van der Waals surface area (Å²) in [4.78, 5) is 28.1. The van der Waals surface area contributed by atoms with Crippen molar-refractivity contribution in [2.45, 2.75) is 26.4 Å². The SMILES string of the molecule is COc1ccc(/C(O)=C2/C(=O)C(=O)N(Cc3ccccc3OC)C2c2cccc(C)c2)c(C)c1. The zero-order chi connectivity index (χ0) is 24.4. The predicted octanol–water partition coefficient (Wildman–Crippen LogP) is 4.94. The minimum Gasteiger partial charge on any atom is -0.507 e. The van der Waals surface area contributed by atoms with Crippen LogP contribution in [0.25, 0.3) is 5.76 Å². The fourth-order valence-electron chi connectivity index (χ4n) is 4.42. The van der Waals surface area contributed by atoms with Gasteiger partial charge in [0, 0.05) is 11.1 Å². The largest absolute Gasteiger partial charge is 0.507 e. The number of ether oxygens (including phenoxy) is 2. The van der Waals surface area contributed by atoms with Crippen molar-refractivity contribution in [1.29, 1.82) is 0 Å². The number of benzene rings is 3. The third-order valence-corrected chi connectivity index (χ3v) is 6.12. The van der Waals surface area contributed by atoms with Gasteiger partial charge in [-0.25, -0.2) is 0 Å². The van der Waals surface area contributed by atoms with Crippen molar-refractivity contribution >= 4 is 17.4 Å². The maximum Gasteiger partial charge on any atom is 0.295 e. The number of para-hydroxylation sites is 1. The molecule has 0 bridgehead atoms. The first-order chi connectivity index (χ1) is 16.3. The van der Waals surface area contributed by atoms with E-state index in [0.29, 0.717) is 17.1 Å². The van der Waals surface area contributed by atoms with Crippen LogP contribution in [0.4, 0.5) is 0 Å². The van der Waals surface area contributed by atoms with Gasteiger partial charge in [0.05, 0.1) is 32.4 Å². The Morgan fingerprint density at radius 2 is 1.71 bits per heavy atom. The van der Waals surface area contributed by atoms with Crippen LogP contribution in [0, 0.1) is 13.8 Å². The predicted molar refractivity (Wildman–Crippen MR) is 130 cm³/mol. The van der Waals surface area contributed by atoms with Crippen LogP contribution in [-0.4, -0.2) is 35.9 Å². The normalized spacial score (nSPS) is 17.2. The van der Waals surface area contributed by atoms with Gasteiger partial charge < -0.3 is 19.5 Å². The summed E-state index contributed by atoms with van der Waals surface area (Å²) in [5.41, 5.74) is 3.79. The first kappa shape index (κ1) is 23.1. The number of hydrogen-bond donors (Lipinski definition) is 1. The molecule has 1 saturated heterocycles. The van der Waals surface area contributed by atoms with Gasteiger partial charge in [0.25, 0.3) is 11.7 Å². The third-order valence-electron chi connectivity index (χ3n) is 6.12. The standard InChI is InChI=1S/C28H27NO5/c1-17-8-7-10-19(14-17)25-24(26(30)22-13-12-21(33-3)15-18(22)2)27(31)28(32)29(25)16-20-9-5-6-11-23(20)34-4/h5-15,25,30H,16H2,1-4H3/b26-24-. The highest BCUT2D eigenvalue weighted by atomic mass is 16.5. The van der Waals surface area contributed by atoms with Crippen molar-refractivity contribution in [2.24, 2.45) is 0 Å². The molecule has 1 amide bonds. The molecule has 1 N–H and O–H groups in total. The van der Waals surface area contributed by atoms with Crippen LogP contribution in [0.2, 0.25) is 0 Å². The third kappa shape index (κ3) is 4.15. The van der Waals surface area contributed by atoms with E-state index in [1.807, 2.05) is 62.4 Å². The van der Waals surface area contributed by atoms with Crippen molar-refractivity contribution in [3.05, 3.63) is 100 Å². The Balaban J connectivity index is 1.89. The van der Waals surface area contributed by atoms with E-state index >= 15 is 0 Å². The van der Waals surface area contributed by atoms with E-state index in [-0.39, 0.29) is 17.9 Å². The molecule has 0 aromatic heterocycles. The van der Waals surface area contributed by atoms with Gasteiger partial charge in [-0.2, -0.15) is 0 Å². The van der Waals surface area contributed by atoms with Gasteiger partial charge >= 0.3 is 0 Å². The Hall–Kier alpha value is -4.06. The number of aliphatic hydroxyl groups excluding tert-OH is 1. The minimum absolute atomic E-state index is 0.0683. The number of aliphatic hydroxyl groups is 1. The summed E-state index contributed by atoms with van der Waals surface area (Å²) in [6, 6.07) is 19.5. The van der Waals surface area contributed by atoms with E-state index in [0.717, 1.165) is 22.3 Å². The van der Waals surface area contributed by atoms with Crippen molar-refractivity contribution in [3.8, 4) is 11.5 Å². The van der Waals surface area contributed by atoms with E-state index in [1.54, 1.807) is 32.4 Å². The molecule has 0 spiro atoms. The Morgan fingerprint density at radius 1 is 0.941 bits per heavy atom. The Bertz CT molecular complexity index is 1290. The molecule has 0 radical (unpaired) electrons. The minimum atomic E-state index is -0.744. The number of amides is 1. The van der Waals surface area contributed by atoms with Crippen molar-refractivity contribution < 1.29 is 24.2 Å². The zero-order valence-electron chi connectivity index (χ0n) is 19.7. The number of Topliss-reactive ketones (excluding diaryl/α,β-unsaturated/α-hetero) is 1. The van der Waals surface area contributed by atoms with Crippen molar-refractivity contribution in [2.75, 3.05) is 14.2 Å². The molecular formula is C28H27NO5. The van der Waals surface area contributed by atoms with Crippen LogP contribution >= 0.6 is 0 Å². The van der Waals surface area contributed by atoms with Crippen LogP contribution in [0.3, 0.4) is 0 Å². The fourth-order valence-corrected chi connectivity index (χ4v) is 4.42. The first-order valence-corrected chi connectivity index (χ1v) is 11.0. The van der Waals surface area contributed by atoms with Gasteiger partial charge in [-0.3, -0.25) is 9.59 Å². The molecule has 4 rings (SSSR count). The molecule has 6 nitrogen and oxygen atoms in total. The number of hydrogen-bond acceptors (Lipinski definition) is 5. The zero-order valence-corrected chi connectivity index (χ0v) is 19.7. The maximum atomic E-state index is 13.3. The van der Waals surface area contributed by atoms with E-state index in [1.165, 1.54) is 4.90 Å². The summed E-state index contributed by atoms with van der Waals surface area (Å²) in [5.74, 6) is -0.314. The van der Waals surface area contributed by atoms with Crippen molar-refractivity contribution in [1.82, 2.24) is 4.90 Å². The first-order valence-electron chi connectivity index (χ1n) is 11.0. The molecule has 6 heteroatoms. The lowest BCUT2D eigenvalue weighted by molar-refractivity contribution is -0.140. The van der Waals surface area contributed by atoms with E-state index in [4.69, 9.17) is 9.47 Å². The number of aryl methyl sites for hydroxylation is 2. The number of nitrogens with zero attached hydrogens (tertiary/aromatic N) is 1. The molecule has 1 aliphatic heterocycles. The van der Waals surface area contributed by atoms with Crippen molar-refractivity contribution in [3.63, 3.8) is 0 Å². The van der Waals surface area contributed by atoms with Crippen LogP contribution < -0.4 is 9.47 Å². The fraction of sp³-hybridized carbons (Fsp3) is 0.214. The highest BCUT2D eigenvalue weighted by molar-refractivity contribution is 6.46. The number of carbonyl (C=O) groups excluding carboxylic acids is 2. The van der Waals surface area contributed by atoms with Crippen LogP contribution in [0.15, 0.2) is 72.3 Å². The molecule has 0 aliphatic carbocycles. The lowest BCUT2D eigenvalue weighted by Crippen LogP contribution is -2.29. The second-order valence-electron chi connectivity index (χ2n) is 8.33. The molecule has 1 atom stereocenters. The molecular weight excluding hydrogens is 430 g/mol. The average Bonchev–Trinajstić information content (AvgIpc) is 3.08. The molecule has 3 aromatic rings. The Kier molecular flexibility index (Phi) is 6.41. The van der Waals surface area contributed by atoms with E-state index in [2.05, 4.69) is 0 Å². The lowest BCUT2D eigenvalue weighted by atomic mass is 9.93. The molecule has 1 unspecified atom stereocenters. The summed E-state index contributed by atoms with van der Waals surface area (Å²) in [6.07, 6.45) is 0. The second kappa shape index (κ2) is 9.43. The number of rotatable bonds is 6. The summed E-state index contributed by atoms with van der Waals surface area (Å²) in [5, 5.41) is 11.4. The number of methoxy groups -OCH3 is 2. The Labute approximate surface area is 199 Å². The highest BCUT2D eigenvalue weighted by Gasteiger charge is 2.46. The molecule has 3 aromatic carbocycles. The highest BCUT2D eigenvalue weighted by Crippen LogP contribution is 2.41. The molecule has 34 heavy (non-hydrogen) atoms. The molecule has 174 valence electrons. The van der Waals surface area contributed by atoms with Gasteiger partial charge in [-0.05, 0) is 49.2 Å². The van der Waals surface area contributed by atoms with E-state index < -0.39 is 17.7 Å². The smallest absolute Gasteiger partial charge is 0.295 e. The van der Waals surface area contributed by atoms with Gasteiger partial charge in [0.1, 0.15) is 17.3 Å². The number of likely N-dealkylation sites (tertiary alicyclic amines) is 1. The van der Waals surface area contributed by atoms with E-state index in [9.17, 15) is 14.7 Å². The molecule has 0 saturated carbocycles. The molecule has 1 fully saturated rings. The monoisotopic (exact) mass is 457 g/mol. The molecule has 1 heterocycles. The Morgan fingerprint density at radius 3 is 2.38 bits per heavy atom. The van der Waals surface area contributed by atoms with Crippen LogP contribution in [0.1, 0.15) is 33.9 Å². The summed E-state index contributed by atoms with van der Waals surface area (Å²) >= 11 is 0. The quantitative estimate of drug-likeness (QED) is 0.322. The lowest BCUT2D eigenvalue weighted by Gasteiger charge is -2.26. The number of ketones is 1. The summed E-state index contributed by atoms with van der Waals surface area (Å²) in [6.45, 7) is 3.93. The maximum absolute atomic E-state index is 13.3. The van der Waals surface area contributed by atoms with Gasteiger partial charge in [-0.15, -0.1) is 0 Å². The van der Waals surface area contributed by atoms with Gasteiger partial charge in [0.2, 0.25) is 0 Å². The van der Waals surface area contributed by atoms with Crippen LogP contribution in [-0.2, 0) is 16.1 Å². The summed E-state index contributed by atoms with van der Waals surface area (Å²) in [7, 11) is 3.13. The van der Waals surface area contributed by atoms with Crippen LogP contribution in [0.5, 0.6) is 11.5 Å². The second-order valence-corrected chi connectivity index (χ2v) is 8.33. The topological polar surface area (TPSA) is 76.1 Å². The van der Waals surface area contributed by atoms with Gasteiger partial charge in [-0.1, -0.05) is 48.0 Å². The summed E-state index contributed by atoms with van der Waals surface area (Å²) < 4.78 is 10.7. The molecule has 1 aliphatic rings.